The zero-order valence-corrected chi connectivity index (χ0v) is 12.0. The summed E-state index contributed by atoms with van der Waals surface area (Å²) in [6, 6.07) is 2.56. The molecule has 0 bridgehead atoms. The average Bonchev–Trinajstić information content (AvgIpc) is 2.97. The number of thiophene rings is 1. The van der Waals surface area contributed by atoms with Crippen LogP contribution in [0.2, 0.25) is 0 Å². The smallest absolute Gasteiger partial charge is 0.186 e. The minimum atomic E-state index is 0.0402. The lowest BCUT2D eigenvalue weighted by Gasteiger charge is -2.33. The number of fused-ring (bicyclic) bond motifs is 1. The van der Waals surface area contributed by atoms with E-state index in [4.69, 9.17) is 0 Å². The molecule has 1 aliphatic heterocycles. The van der Waals surface area contributed by atoms with E-state index in [1.165, 1.54) is 10.4 Å². The van der Waals surface area contributed by atoms with Gasteiger partial charge < -0.3 is 4.90 Å². The Morgan fingerprint density at radius 2 is 2.33 bits per heavy atom. The molecule has 0 amide bonds. The summed E-state index contributed by atoms with van der Waals surface area (Å²) in [5.41, 5.74) is 1.99. The number of carbonyl (C=O) groups is 1. The molecule has 0 aliphatic carbocycles. The van der Waals surface area contributed by atoms with Crippen molar-refractivity contribution >= 4 is 33.6 Å². The molecule has 0 saturated heterocycles. The van der Waals surface area contributed by atoms with Gasteiger partial charge in [0.1, 0.15) is 5.69 Å². The molecule has 1 aliphatic rings. The van der Waals surface area contributed by atoms with E-state index < -0.39 is 0 Å². The van der Waals surface area contributed by atoms with Crippen LogP contribution in [0.4, 0.5) is 5.13 Å². The van der Waals surface area contributed by atoms with Crippen LogP contribution in [0.25, 0.3) is 0 Å². The van der Waals surface area contributed by atoms with Crippen LogP contribution in [0.1, 0.15) is 40.8 Å². The average molecular weight is 278 g/mol. The second-order valence-electron chi connectivity index (χ2n) is 4.49. The maximum Gasteiger partial charge on any atom is 0.186 e. The number of aromatic nitrogens is 1. The molecule has 1 unspecified atom stereocenters. The fourth-order valence-electron chi connectivity index (χ4n) is 2.33. The summed E-state index contributed by atoms with van der Waals surface area (Å²) in [5.74, 6) is 0.0402. The largest absolute Gasteiger partial charge is 0.341 e. The topological polar surface area (TPSA) is 33.2 Å². The Labute approximate surface area is 114 Å². The van der Waals surface area contributed by atoms with Gasteiger partial charge in [-0.15, -0.1) is 22.7 Å². The van der Waals surface area contributed by atoms with Crippen molar-refractivity contribution < 1.29 is 4.79 Å². The first-order valence-corrected chi connectivity index (χ1v) is 7.72. The second kappa shape index (κ2) is 4.48. The number of thiazole rings is 1. The zero-order valence-electron chi connectivity index (χ0n) is 10.3. The van der Waals surface area contributed by atoms with Crippen molar-refractivity contribution in [1.29, 1.82) is 0 Å². The number of carbonyl (C=O) groups excluding carboxylic acids is 1. The third kappa shape index (κ3) is 1.87. The zero-order chi connectivity index (χ0) is 12.7. The highest BCUT2D eigenvalue weighted by atomic mass is 32.1. The van der Waals surface area contributed by atoms with E-state index in [0.29, 0.717) is 11.7 Å². The van der Waals surface area contributed by atoms with Crippen molar-refractivity contribution in [3.05, 3.63) is 33.0 Å². The second-order valence-corrected chi connectivity index (χ2v) is 6.33. The quantitative estimate of drug-likeness (QED) is 0.788. The number of anilines is 1. The van der Waals surface area contributed by atoms with E-state index >= 15 is 0 Å². The molecular formula is C13H14N2OS2. The maximum absolute atomic E-state index is 11.3. The van der Waals surface area contributed by atoms with Gasteiger partial charge in [0, 0.05) is 23.7 Å². The number of ketones is 1. The standard InChI is InChI=1S/C13H14N2OS2/c1-8-10-4-6-17-12(10)3-5-15(8)13-14-11(7-18-13)9(2)16/h4,6-8H,3,5H2,1-2H3. The Bertz CT molecular complexity index is 587. The first kappa shape index (κ1) is 11.9. The molecule has 3 heterocycles. The third-order valence-corrected chi connectivity index (χ3v) is 5.25. The van der Waals surface area contributed by atoms with Crippen molar-refractivity contribution in [2.24, 2.45) is 0 Å². The molecule has 0 radical (unpaired) electrons. The van der Waals surface area contributed by atoms with Crippen molar-refractivity contribution in [2.45, 2.75) is 26.3 Å². The normalized spacial score (nSPS) is 18.8. The van der Waals surface area contributed by atoms with Crippen LogP contribution in [-0.2, 0) is 6.42 Å². The number of Topliss-reactive ketones (excluding diaryl/α,β-unsaturated/α-hetero) is 1. The lowest BCUT2D eigenvalue weighted by molar-refractivity contribution is 0.101. The van der Waals surface area contributed by atoms with Crippen molar-refractivity contribution in [1.82, 2.24) is 4.98 Å². The Morgan fingerprint density at radius 3 is 3.06 bits per heavy atom. The van der Waals surface area contributed by atoms with Crippen LogP contribution in [0.3, 0.4) is 0 Å². The van der Waals surface area contributed by atoms with Gasteiger partial charge in [0.2, 0.25) is 0 Å². The Hall–Kier alpha value is -1.20. The van der Waals surface area contributed by atoms with Crippen molar-refractivity contribution in [3.63, 3.8) is 0 Å². The van der Waals surface area contributed by atoms with Gasteiger partial charge in [-0.25, -0.2) is 4.98 Å². The minimum absolute atomic E-state index is 0.0402. The van der Waals surface area contributed by atoms with E-state index in [1.807, 2.05) is 16.7 Å². The van der Waals surface area contributed by atoms with E-state index in [9.17, 15) is 4.79 Å². The van der Waals surface area contributed by atoms with Gasteiger partial charge in [0.15, 0.2) is 10.9 Å². The van der Waals surface area contributed by atoms with Crippen LogP contribution in [-0.4, -0.2) is 17.3 Å². The van der Waals surface area contributed by atoms with Crippen LogP contribution in [0.15, 0.2) is 16.8 Å². The summed E-state index contributed by atoms with van der Waals surface area (Å²) in [5, 5.41) is 4.98. The summed E-state index contributed by atoms with van der Waals surface area (Å²) < 4.78 is 0. The highest BCUT2D eigenvalue weighted by Gasteiger charge is 2.26. The molecule has 1 atom stereocenters. The van der Waals surface area contributed by atoms with E-state index in [-0.39, 0.29) is 5.78 Å². The molecule has 2 aromatic heterocycles. The predicted octanol–water partition coefficient (Wildman–Crippen LogP) is 3.53. The first-order valence-electron chi connectivity index (χ1n) is 5.96. The monoisotopic (exact) mass is 278 g/mol. The summed E-state index contributed by atoms with van der Waals surface area (Å²) in [4.78, 5) is 19.5. The molecule has 3 rings (SSSR count). The summed E-state index contributed by atoms with van der Waals surface area (Å²) in [7, 11) is 0. The molecule has 94 valence electrons. The number of nitrogens with zero attached hydrogens (tertiary/aromatic N) is 2. The van der Waals surface area contributed by atoms with E-state index in [1.54, 1.807) is 18.3 Å². The lowest BCUT2D eigenvalue weighted by Crippen LogP contribution is -2.33. The Morgan fingerprint density at radius 1 is 1.50 bits per heavy atom. The fraction of sp³-hybridized carbons (Fsp3) is 0.385. The maximum atomic E-state index is 11.3. The highest BCUT2D eigenvalue weighted by molar-refractivity contribution is 7.14. The van der Waals surface area contributed by atoms with Crippen LogP contribution in [0, 0.1) is 0 Å². The Balaban J connectivity index is 1.91. The predicted molar refractivity (Wildman–Crippen MR) is 75.9 cm³/mol. The van der Waals surface area contributed by atoms with Gasteiger partial charge in [0.25, 0.3) is 0 Å². The van der Waals surface area contributed by atoms with Gasteiger partial charge in [-0.05, 0) is 30.4 Å². The van der Waals surface area contributed by atoms with Crippen molar-refractivity contribution in [2.75, 3.05) is 11.4 Å². The van der Waals surface area contributed by atoms with Gasteiger partial charge in [-0.2, -0.15) is 0 Å². The van der Waals surface area contributed by atoms with Gasteiger partial charge in [0.05, 0.1) is 6.04 Å². The van der Waals surface area contributed by atoms with Crippen molar-refractivity contribution in [3.8, 4) is 0 Å². The molecule has 0 spiro atoms. The highest BCUT2D eigenvalue weighted by Crippen LogP contribution is 2.37. The summed E-state index contributed by atoms with van der Waals surface area (Å²) >= 11 is 3.40. The van der Waals surface area contributed by atoms with Gasteiger partial charge >= 0.3 is 0 Å². The lowest BCUT2D eigenvalue weighted by atomic mass is 10.0. The number of hydrogen-bond acceptors (Lipinski definition) is 5. The molecule has 18 heavy (non-hydrogen) atoms. The summed E-state index contributed by atoms with van der Waals surface area (Å²) in [6.45, 7) is 4.76. The van der Waals surface area contributed by atoms with Gasteiger partial charge in [-0.3, -0.25) is 4.79 Å². The van der Waals surface area contributed by atoms with Crippen LogP contribution < -0.4 is 4.90 Å². The number of rotatable bonds is 2. The van der Waals surface area contributed by atoms with Gasteiger partial charge in [-0.1, -0.05) is 0 Å². The molecule has 3 nitrogen and oxygen atoms in total. The third-order valence-electron chi connectivity index (χ3n) is 3.38. The molecular weight excluding hydrogens is 264 g/mol. The van der Waals surface area contributed by atoms with Crippen LogP contribution >= 0.6 is 22.7 Å². The molecule has 0 N–H and O–H groups in total. The Kier molecular flexibility index (Phi) is 2.95. The SMILES string of the molecule is CC(=O)c1csc(N2CCc3sccc3C2C)n1. The molecule has 0 aromatic carbocycles. The molecule has 2 aromatic rings. The van der Waals surface area contributed by atoms with E-state index in [0.717, 1.165) is 18.1 Å². The molecule has 0 saturated carbocycles. The van der Waals surface area contributed by atoms with Crippen LogP contribution in [0.5, 0.6) is 0 Å². The number of hydrogen-bond donors (Lipinski definition) is 0. The minimum Gasteiger partial charge on any atom is -0.341 e. The first-order chi connectivity index (χ1) is 8.66. The molecule has 5 heteroatoms. The van der Waals surface area contributed by atoms with E-state index in [2.05, 4.69) is 28.3 Å². The fourth-order valence-corrected chi connectivity index (χ4v) is 4.26. The molecule has 0 fully saturated rings. The summed E-state index contributed by atoms with van der Waals surface area (Å²) in [6.07, 6.45) is 1.08.